The van der Waals surface area contributed by atoms with Gasteiger partial charge in [-0.25, -0.2) is 0 Å². The third-order valence-corrected chi connectivity index (χ3v) is 5.95. The van der Waals surface area contributed by atoms with Gasteiger partial charge in [0.15, 0.2) is 0 Å². The summed E-state index contributed by atoms with van der Waals surface area (Å²) in [6.45, 7) is 10.8. The van der Waals surface area contributed by atoms with Gasteiger partial charge in [-0.15, -0.1) is 0 Å². The van der Waals surface area contributed by atoms with Gasteiger partial charge >= 0.3 is 0 Å². The fourth-order valence-electron chi connectivity index (χ4n) is 4.20. The van der Waals surface area contributed by atoms with Gasteiger partial charge < -0.3 is 5.32 Å². The largest absolute Gasteiger partial charge is 0.310 e. The van der Waals surface area contributed by atoms with Crippen LogP contribution in [-0.4, -0.2) is 30.6 Å². The third-order valence-electron chi connectivity index (χ3n) is 5.95. The van der Waals surface area contributed by atoms with Crippen LogP contribution >= 0.6 is 0 Å². The van der Waals surface area contributed by atoms with E-state index in [2.05, 4.69) is 71.8 Å². The number of unbranched alkanes of at least 4 members (excludes halogenated alkanes) is 2. The first-order valence-electron chi connectivity index (χ1n) is 12.4. The van der Waals surface area contributed by atoms with Crippen LogP contribution in [0, 0.1) is 0 Å². The summed E-state index contributed by atoms with van der Waals surface area (Å²) in [5.41, 5.74) is 4.43. The predicted molar refractivity (Wildman–Crippen MR) is 133 cm³/mol. The van der Waals surface area contributed by atoms with Crippen LogP contribution in [0.4, 0.5) is 0 Å². The molecule has 0 aromatic heterocycles. The van der Waals surface area contributed by atoms with Crippen LogP contribution in [-0.2, 0) is 6.54 Å². The Morgan fingerprint density at radius 2 is 1.83 bits per heavy atom. The predicted octanol–water partition coefficient (Wildman–Crippen LogP) is 7.05. The van der Waals surface area contributed by atoms with Crippen molar-refractivity contribution in [2.75, 3.05) is 19.6 Å². The number of piperidine rings is 1. The summed E-state index contributed by atoms with van der Waals surface area (Å²) in [4.78, 5) is 2.60. The van der Waals surface area contributed by atoms with E-state index in [1.807, 2.05) is 13.8 Å². The highest BCUT2D eigenvalue weighted by atomic mass is 15.1. The average molecular weight is 409 g/mol. The molecule has 0 unspecified atom stereocenters. The molecule has 1 heterocycles. The monoisotopic (exact) mass is 408 g/mol. The lowest BCUT2D eigenvalue weighted by Crippen LogP contribution is -2.42. The van der Waals surface area contributed by atoms with E-state index in [-0.39, 0.29) is 0 Å². The Kier molecular flexibility index (Phi) is 12.5. The molecule has 0 bridgehead atoms. The molecule has 1 N–H and O–H groups in total. The summed E-state index contributed by atoms with van der Waals surface area (Å²) >= 11 is 0. The molecule has 2 heteroatoms. The molecular weight excluding hydrogens is 364 g/mol. The third kappa shape index (κ3) is 9.45. The highest BCUT2D eigenvalue weighted by Gasteiger charge is 2.19. The van der Waals surface area contributed by atoms with E-state index in [1.54, 1.807) is 5.57 Å². The second-order valence-corrected chi connectivity index (χ2v) is 8.36. The van der Waals surface area contributed by atoms with E-state index in [4.69, 9.17) is 0 Å². The summed E-state index contributed by atoms with van der Waals surface area (Å²) in [7, 11) is 0. The molecule has 3 rings (SSSR count). The summed E-state index contributed by atoms with van der Waals surface area (Å²) in [5, 5.41) is 3.88. The zero-order valence-corrected chi connectivity index (χ0v) is 19.7. The summed E-state index contributed by atoms with van der Waals surface area (Å²) in [6.07, 6.45) is 19.5. The maximum Gasteiger partial charge on any atom is 0.0233 e. The fourth-order valence-corrected chi connectivity index (χ4v) is 4.20. The van der Waals surface area contributed by atoms with Gasteiger partial charge in [0, 0.05) is 19.1 Å². The second-order valence-electron chi connectivity index (χ2n) is 8.36. The smallest absolute Gasteiger partial charge is 0.0233 e. The molecule has 1 fully saturated rings. The lowest BCUT2D eigenvalue weighted by molar-refractivity contribution is 0.192. The lowest BCUT2D eigenvalue weighted by atomic mass is 9.99. The van der Waals surface area contributed by atoms with E-state index in [0.717, 1.165) is 13.1 Å². The Labute approximate surface area is 186 Å². The first-order valence-corrected chi connectivity index (χ1v) is 12.4. The number of nitrogens with zero attached hydrogens (tertiary/aromatic N) is 1. The fraction of sp³-hybridized carbons (Fsp3) is 0.571. The molecule has 1 saturated heterocycles. The lowest BCUT2D eigenvalue weighted by Gasteiger charge is -2.32. The van der Waals surface area contributed by atoms with Crippen LogP contribution in [0.15, 0.2) is 65.8 Å². The van der Waals surface area contributed by atoms with Crippen molar-refractivity contribution in [2.45, 2.75) is 84.7 Å². The van der Waals surface area contributed by atoms with Gasteiger partial charge in [-0.2, -0.15) is 0 Å². The van der Waals surface area contributed by atoms with Crippen molar-refractivity contribution in [1.82, 2.24) is 10.2 Å². The molecule has 0 radical (unpaired) electrons. The Morgan fingerprint density at radius 1 is 1.07 bits per heavy atom. The Hall–Kier alpha value is -1.64. The zero-order chi connectivity index (χ0) is 21.4. The van der Waals surface area contributed by atoms with Crippen LogP contribution in [0.25, 0.3) is 0 Å². The highest BCUT2D eigenvalue weighted by Crippen LogP contribution is 2.18. The molecule has 0 amide bonds. The van der Waals surface area contributed by atoms with E-state index >= 15 is 0 Å². The minimum atomic E-state index is 0.664. The van der Waals surface area contributed by atoms with Gasteiger partial charge in [0.1, 0.15) is 0 Å². The average Bonchev–Trinajstić information content (AvgIpc) is 2.81. The van der Waals surface area contributed by atoms with Crippen LogP contribution in [0.5, 0.6) is 0 Å². The first-order chi connectivity index (χ1) is 14.8. The van der Waals surface area contributed by atoms with Crippen molar-refractivity contribution >= 4 is 0 Å². The molecule has 2 aliphatic rings. The van der Waals surface area contributed by atoms with Gasteiger partial charge in [0.2, 0.25) is 0 Å². The van der Waals surface area contributed by atoms with Crippen LogP contribution < -0.4 is 5.32 Å². The van der Waals surface area contributed by atoms with E-state index in [0.29, 0.717) is 6.04 Å². The molecule has 1 aliphatic carbocycles. The molecule has 0 saturated carbocycles. The topological polar surface area (TPSA) is 15.3 Å². The van der Waals surface area contributed by atoms with E-state index in [1.165, 1.54) is 75.6 Å². The quantitative estimate of drug-likeness (QED) is 0.417. The minimum absolute atomic E-state index is 0.664. The second kappa shape index (κ2) is 15.2. The van der Waals surface area contributed by atoms with E-state index in [9.17, 15) is 0 Å². The van der Waals surface area contributed by atoms with E-state index < -0.39 is 0 Å². The van der Waals surface area contributed by atoms with Gasteiger partial charge in [-0.1, -0.05) is 93.8 Å². The molecule has 0 spiro atoms. The Morgan fingerprint density at radius 3 is 2.50 bits per heavy atom. The van der Waals surface area contributed by atoms with Crippen molar-refractivity contribution in [1.29, 1.82) is 0 Å². The standard InChI is InChI=1S/C26H38N2.C2H6/c1-2-3-6-15-25(20-23-11-7-4-8-12-23)21-27-26-16-18-28(19-17-26)22-24-13-9-5-10-14-24;1-2/h5,7,9-14,20,26-27H,2-4,6,8,15-19,21-22H2,1H3;1-2H3/b25-20+;. The van der Waals surface area contributed by atoms with Gasteiger partial charge in [-0.05, 0) is 62.8 Å². The minimum Gasteiger partial charge on any atom is -0.310 e. The molecule has 1 aliphatic heterocycles. The van der Waals surface area contributed by atoms with Gasteiger partial charge in [0.05, 0.1) is 0 Å². The maximum atomic E-state index is 3.88. The van der Waals surface area contributed by atoms with Crippen molar-refractivity contribution < 1.29 is 0 Å². The number of benzene rings is 1. The van der Waals surface area contributed by atoms with Crippen molar-refractivity contribution in [3.8, 4) is 0 Å². The Bertz CT molecular complexity index is 648. The number of hydrogen-bond acceptors (Lipinski definition) is 2. The summed E-state index contributed by atoms with van der Waals surface area (Å²) in [6, 6.07) is 11.5. The molecule has 166 valence electrons. The Balaban J connectivity index is 0.00000155. The first kappa shape index (κ1) is 24.6. The number of rotatable bonds is 10. The molecule has 2 nitrogen and oxygen atoms in total. The molecule has 30 heavy (non-hydrogen) atoms. The number of allylic oxidation sites excluding steroid dienone is 5. The number of hydrogen-bond donors (Lipinski definition) is 1. The van der Waals surface area contributed by atoms with Crippen LogP contribution in [0.2, 0.25) is 0 Å². The van der Waals surface area contributed by atoms with Crippen molar-refractivity contribution in [3.05, 3.63) is 71.3 Å². The SMILES string of the molecule is CC.CCCCC/C(=C\C1=CCCC=C1)CNC1CCN(Cc2ccccc2)CC1. The van der Waals surface area contributed by atoms with Crippen molar-refractivity contribution in [2.24, 2.45) is 0 Å². The maximum absolute atomic E-state index is 3.88. The van der Waals surface area contributed by atoms with Crippen LogP contribution in [0.3, 0.4) is 0 Å². The number of nitrogens with one attached hydrogen (secondary N) is 1. The van der Waals surface area contributed by atoms with Crippen molar-refractivity contribution in [3.63, 3.8) is 0 Å². The molecule has 0 atom stereocenters. The van der Waals surface area contributed by atoms with Crippen LogP contribution in [0.1, 0.15) is 77.7 Å². The normalized spacial score (nSPS) is 18.0. The molecule has 1 aromatic rings. The van der Waals surface area contributed by atoms with Gasteiger partial charge in [0.25, 0.3) is 0 Å². The zero-order valence-electron chi connectivity index (χ0n) is 19.7. The summed E-state index contributed by atoms with van der Waals surface area (Å²) in [5.74, 6) is 0. The number of likely N-dealkylation sites (tertiary alicyclic amines) is 1. The molecular formula is C28H44N2. The van der Waals surface area contributed by atoms with Gasteiger partial charge in [-0.3, -0.25) is 4.90 Å². The highest BCUT2D eigenvalue weighted by molar-refractivity contribution is 5.35. The summed E-state index contributed by atoms with van der Waals surface area (Å²) < 4.78 is 0. The molecule has 1 aromatic carbocycles.